The van der Waals surface area contributed by atoms with Gasteiger partial charge in [0.05, 0.1) is 16.3 Å². The quantitative estimate of drug-likeness (QED) is 0.808. The van der Waals surface area contributed by atoms with E-state index in [1.807, 2.05) is 0 Å². The fourth-order valence-electron chi connectivity index (χ4n) is 1.49. The van der Waals surface area contributed by atoms with Crippen molar-refractivity contribution in [3.63, 3.8) is 0 Å². The third-order valence-corrected chi connectivity index (χ3v) is 3.58. The van der Waals surface area contributed by atoms with Crippen LogP contribution in [0.3, 0.4) is 0 Å². The molecule has 94 valence electrons. The Morgan fingerprint density at radius 2 is 2.11 bits per heavy atom. The summed E-state index contributed by atoms with van der Waals surface area (Å²) in [6, 6.07) is 4.23. The van der Waals surface area contributed by atoms with Crippen LogP contribution in [0.1, 0.15) is 17.5 Å². The molecule has 0 aliphatic heterocycles. The minimum atomic E-state index is -1.43. The summed E-state index contributed by atoms with van der Waals surface area (Å²) in [6.45, 7) is 1.70. The summed E-state index contributed by atoms with van der Waals surface area (Å²) in [5.41, 5.74) is 0.344. The first-order valence-corrected chi connectivity index (χ1v) is 6.47. The third kappa shape index (κ3) is 2.17. The maximum absolute atomic E-state index is 11.9. The van der Waals surface area contributed by atoms with Gasteiger partial charge in [0.25, 0.3) is 0 Å². The maximum atomic E-state index is 11.9. The second-order valence-corrected chi connectivity index (χ2v) is 5.15. The van der Waals surface area contributed by atoms with Crippen LogP contribution in [0.2, 0.25) is 0 Å². The summed E-state index contributed by atoms with van der Waals surface area (Å²) in [4.78, 5) is 18.5. The third-order valence-electron chi connectivity index (χ3n) is 2.31. The van der Waals surface area contributed by atoms with Crippen LogP contribution in [0.15, 0.2) is 23.2 Å². The first kappa shape index (κ1) is 12.4. The van der Waals surface area contributed by atoms with Gasteiger partial charge >= 0.3 is 5.97 Å². The molecule has 1 unspecified atom stereocenters. The number of carbonyl (C=O) groups is 1. The average Bonchev–Trinajstić information content (AvgIpc) is 2.36. The van der Waals surface area contributed by atoms with Gasteiger partial charge in [0, 0.05) is 11.1 Å². The Morgan fingerprint density at radius 1 is 1.39 bits per heavy atom. The first-order valence-electron chi connectivity index (χ1n) is 5.15. The lowest BCUT2D eigenvalue weighted by Gasteiger charge is -2.05. The number of rotatable bonds is 3. The molecule has 0 amide bonds. The molecular formula is C11H10N2O4S. The van der Waals surface area contributed by atoms with Gasteiger partial charge in [-0.3, -0.25) is 4.21 Å². The highest BCUT2D eigenvalue weighted by Crippen LogP contribution is 2.23. The average molecular weight is 266 g/mol. The molecule has 0 saturated carbocycles. The van der Waals surface area contributed by atoms with Crippen LogP contribution in [0, 0.1) is 0 Å². The lowest BCUT2D eigenvalue weighted by molar-refractivity contribution is 0.0683. The highest BCUT2D eigenvalue weighted by molar-refractivity contribution is 7.85. The number of aromatic carboxylic acids is 1. The summed E-state index contributed by atoms with van der Waals surface area (Å²) < 4.78 is 11.9. The molecule has 1 aromatic carbocycles. The molecule has 0 aliphatic carbocycles. The van der Waals surface area contributed by atoms with E-state index in [4.69, 9.17) is 5.11 Å². The zero-order valence-electron chi connectivity index (χ0n) is 9.45. The largest absolute Gasteiger partial charge is 0.508 e. The summed E-state index contributed by atoms with van der Waals surface area (Å²) >= 11 is 0. The predicted octanol–water partition coefficient (Wildman–Crippen LogP) is 1.16. The standard InChI is InChI=1S/C11H10N2O4S/c1-2-18(17)10-7-5-6(14)3-4-8(7)12-9(13-10)11(15)16/h3-5,14H,2H2,1H3,(H,15,16). The van der Waals surface area contributed by atoms with E-state index >= 15 is 0 Å². The molecule has 0 spiro atoms. The lowest BCUT2D eigenvalue weighted by Crippen LogP contribution is -2.09. The van der Waals surface area contributed by atoms with Crippen molar-refractivity contribution >= 4 is 27.7 Å². The fraction of sp³-hybridized carbons (Fsp3) is 0.182. The van der Waals surface area contributed by atoms with Gasteiger partial charge in [-0.05, 0) is 18.2 Å². The first-order chi connectivity index (χ1) is 8.52. The second-order valence-electron chi connectivity index (χ2n) is 3.49. The van der Waals surface area contributed by atoms with Crippen LogP contribution in [0.4, 0.5) is 0 Å². The molecule has 18 heavy (non-hydrogen) atoms. The number of hydrogen-bond acceptors (Lipinski definition) is 5. The van der Waals surface area contributed by atoms with Gasteiger partial charge in [0.1, 0.15) is 10.8 Å². The molecule has 0 radical (unpaired) electrons. The van der Waals surface area contributed by atoms with E-state index in [-0.39, 0.29) is 10.8 Å². The van der Waals surface area contributed by atoms with E-state index in [1.165, 1.54) is 18.2 Å². The molecular weight excluding hydrogens is 256 g/mol. The van der Waals surface area contributed by atoms with Gasteiger partial charge in [-0.25, -0.2) is 14.8 Å². The van der Waals surface area contributed by atoms with Gasteiger partial charge in [-0.15, -0.1) is 0 Å². The van der Waals surface area contributed by atoms with E-state index in [0.29, 0.717) is 16.7 Å². The normalized spacial score (nSPS) is 12.5. The number of hydrogen-bond donors (Lipinski definition) is 2. The Balaban J connectivity index is 2.81. The lowest BCUT2D eigenvalue weighted by atomic mass is 10.2. The van der Waals surface area contributed by atoms with Crippen LogP contribution < -0.4 is 0 Å². The summed E-state index contributed by atoms with van der Waals surface area (Å²) in [7, 11) is -1.43. The van der Waals surface area contributed by atoms with E-state index in [1.54, 1.807) is 6.92 Å². The van der Waals surface area contributed by atoms with Crippen LogP contribution >= 0.6 is 0 Å². The molecule has 2 aromatic rings. The molecule has 0 fully saturated rings. The van der Waals surface area contributed by atoms with E-state index < -0.39 is 22.6 Å². The van der Waals surface area contributed by atoms with Gasteiger partial charge in [0.2, 0.25) is 5.82 Å². The van der Waals surface area contributed by atoms with Crippen molar-refractivity contribution in [2.75, 3.05) is 5.75 Å². The number of benzene rings is 1. The Morgan fingerprint density at radius 3 is 2.72 bits per heavy atom. The molecule has 0 saturated heterocycles. The Kier molecular flexibility index (Phi) is 3.24. The number of aromatic nitrogens is 2. The molecule has 1 aromatic heterocycles. The zero-order chi connectivity index (χ0) is 13.3. The minimum absolute atomic E-state index is 0.0106. The highest BCUT2D eigenvalue weighted by atomic mass is 32.2. The molecule has 2 rings (SSSR count). The smallest absolute Gasteiger partial charge is 0.373 e. The second kappa shape index (κ2) is 4.69. The number of carboxylic acid groups (broad SMARTS) is 1. The van der Waals surface area contributed by atoms with Gasteiger partial charge in [-0.2, -0.15) is 0 Å². The van der Waals surface area contributed by atoms with Crippen LogP contribution in [0.5, 0.6) is 5.75 Å². The van der Waals surface area contributed by atoms with Crippen molar-refractivity contribution in [1.82, 2.24) is 9.97 Å². The summed E-state index contributed by atoms with van der Waals surface area (Å²) in [5.74, 6) is -1.38. The highest BCUT2D eigenvalue weighted by Gasteiger charge is 2.16. The van der Waals surface area contributed by atoms with Gasteiger partial charge in [0.15, 0.2) is 0 Å². The van der Waals surface area contributed by atoms with Crippen molar-refractivity contribution in [3.05, 3.63) is 24.0 Å². The fourth-order valence-corrected chi connectivity index (χ4v) is 2.36. The minimum Gasteiger partial charge on any atom is -0.508 e. The van der Waals surface area contributed by atoms with E-state index in [0.717, 1.165) is 0 Å². The van der Waals surface area contributed by atoms with Gasteiger partial charge in [-0.1, -0.05) is 6.92 Å². The predicted molar refractivity (Wildman–Crippen MR) is 65.1 cm³/mol. The van der Waals surface area contributed by atoms with Crippen LogP contribution in [-0.4, -0.2) is 36.1 Å². The van der Waals surface area contributed by atoms with Gasteiger partial charge < -0.3 is 10.2 Å². The topological polar surface area (TPSA) is 100 Å². The van der Waals surface area contributed by atoms with Crippen LogP contribution in [0.25, 0.3) is 10.9 Å². The Labute approximate surface area is 105 Å². The maximum Gasteiger partial charge on any atom is 0.373 e. The van der Waals surface area contributed by atoms with E-state index in [9.17, 15) is 14.1 Å². The van der Waals surface area contributed by atoms with Crippen LogP contribution in [-0.2, 0) is 10.8 Å². The Bertz CT molecular complexity index is 657. The number of aromatic hydroxyl groups is 1. The van der Waals surface area contributed by atoms with Crippen molar-refractivity contribution in [1.29, 1.82) is 0 Å². The molecule has 7 heteroatoms. The zero-order valence-corrected chi connectivity index (χ0v) is 10.3. The molecule has 1 atom stereocenters. The van der Waals surface area contributed by atoms with Crippen molar-refractivity contribution in [2.24, 2.45) is 0 Å². The van der Waals surface area contributed by atoms with Crippen molar-refractivity contribution in [2.45, 2.75) is 11.9 Å². The molecule has 1 heterocycles. The summed E-state index contributed by atoms with van der Waals surface area (Å²) in [5, 5.41) is 18.9. The summed E-state index contributed by atoms with van der Waals surface area (Å²) in [6.07, 6.45) is 0. The van der Waals surface area contributed by atoms with E-state index in [2.05, 4.69) is 9.97 Å². The molecule has 2 N–H and O–H groups in total. The number of phenolic OH excluding ortho intramolecular Hbond substituents is 1. The molecule has 0 aliphatic rings. The Hall–Kier alpha value is -2.02. The number of phenols is 1. The molecule has 0 bridgehead atoms. The van der Waals surface area contributed by atoms with Crippen molar-refractivity contribution in [3.8, 4) is 5.75 Å². The SMILES string of the molecule is CCS(=O)c1nc(C(=O)O)nc2ccc(O)cc12. The molecule has 6 nitrogen and oxygen atoms in total. The van der Waals surface area contributed by atoms with Crippen molar-refractivity contribution < 1.29 is 19.2 Å². The monoisotopic (exact) mass is 266 g/mol. The number of fused-ring (bicyclic) bond motifs is 1. The number of nitrogens with zero attached hydrogens (tertiary/aromatic N) is 2. The number of carboxylic acids is 1.